The van der Waals surface area contributed by atoms with E-state index in [0.717, 1.165) is 25.7 Å². The Bertz CT molecular complexity index is 792. The molecule has 26 heavy (non-hydrogen) atoms. The lowest BCUT2D eigenvalue weighted by molar-refractivity contribution is -0.131. The highest BCUT2D eigenvalue weighted by Crippen LogP contribution is 2.66. The summed E-state index contributed by atoms with van der Waals surface area (Å²) in [5.41, 5.74) is 0.799. The Hall–Kier alpha value is 0.0700. The van der Waals surface area contributed by atoms with Gasteiger partial charge in [-0.15, -0.1) is 0 Å². The molecule has 4 rings (SSSR count). The second-order valence-corrected chi connectivity index (χ2v) is 11.0. The molecular formula is C21H21Br2IO2. The summed E-state index contributed by atoms with van der Waals surface area (Å²) in [4.78, 5) is 25.1. The molecule has 0 N–H and O–H groups in total. The molecule has 0 unspecified atom stereocenters. The number of carbonyl (C=O) groups is 2. The van der Waals surface area contributed by atoms with Crippen LogP contribution in [0.1, 0.15) is 39.0 Å². The van der Waals surface area contributed by atoms with E-state index in [1.54, 1.807) is 6.08 Å². The topological polar surface area (TPSA) is 34.1 Å². The van der Waals surface area contributed by atoms with Crippen molar-refractivity contribution in [2.24, 2.45) is 28.6 Å². The molecule has 0 amide bonds. The third-order valence-corrected chi connectivity index (χ3v) is 10.8. The molecule has 2 nitrogen and oxygen atoms in total. The van der Waals surface area contributed by atoms with Crippen LogP contribution in [0.4, 0.5) is 0 Å². The van der Waals surface area contributed by atoms with Gasteiger partial charge in [-0.1, -0.05) is 50.8 Å². The van der Waals surface area contributed by atoms with E-state index >= 15 is 0 Å². The number of rotatable bonds is 1. The van der Waals surface area contributed by atoms with Gasteiger partial charge in [0.05, 0.1) is 0 Å². The maximum absolute atomic E-state index is 12.7. The minimum Gasteiger partial charge on any atom is -0.299 e. The number of hydrogen-bond donors (Lipinski definition) is 0. The van der Waals surface area contributed by atoms with E-state index in [4.69, 9.17) is 0 Å². The van der Waals surface area contributed by atoms with Gasteiger partial charge in [-0.3, -0.25) is 9.59 Å². The van der Waals surface area contributed by atoms with Crippen LogP contribution in [-0.4, -0.2) is 21.2 Å². The van der Waals surface area contributed by atoms with Crippen LogP contribution in [0.5, 0.6) is 0 Å². The van der Waals surface area contributed by atoms with Crippen LogP contribution < -0.4 is 0 Å². The molecule has 0 spiro atoms. The smallest absolute Gasteiger partial charge is 0.178 e. The minimum atomic E-state index is -0.192. The van der Waals surface area contributed by atoms with Gasteiger partial charge in [0.1, 0.15) is 5.78 Å². The molecule has 3 fully saturated rings. The third kappa shape index (κ3) is 2.61. The van der Waals surface area contributed by atoms with E-state index in [1.165, 1.54) is 5.57 Å². The predicted molar refractivity (Wildman–Crippen MR) is 119 cm³/mol. The highest BCUT2D eigenvalue weighted by molar-refractivity contribution is 14.1. The summed E-state index contributed by atoms with van der Waals surface area (Å²) in [6.07, 6.45) is 10.1. The fourth-order valence-electron chi connectivity index (χ4n) is 6.19. The van der Waals surface area contributed by atoms with Gasteiger partial charge in [0.15, 0.2) is 5.78 Å². The van der Waals surface area contributed by atoms with Gasteiger partial charge in [-0.25, -0.2) is 0 Å². The SMILES string of the molecule is C[C@]12CC[C@H]3[C@@H]([C@H](Br)[C@@H](Br)C4=CC(=O)C=C[C@@]43CC#CI)[C@@H]1CCC2=O. The molecule has 0 bridgehead atoms. The summed E-state index contributed by atoms with van der Waals surface area (Å²) in [6, 6.07) is 0. The highest BCUT2D eigenvalue weighted by atomic mass is 127. The molecule has 4 aliphatic carbocycles. The van der Waals surface area contributed by atoms with Crippen LogP contribution in [0.3, 0.4) is 0 Å². The van der Waals surface area contributed by atoms with E-state index in [-0.39, 0.29) is 26.3 Å². The molecule has 0 aromatic rings. The number of alkyl halides is 2. The summed E-state index contributed by atoms with van der Waals surface area (Å²) in [5.74, 6) is 5.05. The number of carbonyl (C=O) groups excluding carboxylic acids is 2. The minimum absolute atomic E-state index is 0.0670. The zero-order valence-electron chi connectivity index (χ0n) is 14.6. The summed E-state index contributed by atoms with van der Waals surface area (Å²) in [6.45, 7) is 2.19. The summed E-state index contributed by atoms with van der Waals surface area (Å²) >= 11 is 9.98. The molecule has 5 heteroatoms. The first-order valence-electron chi connectivity index (χ1n) is 9.20. The fraction of sp³-hybridized carbons (Fsp3) is 0.619. The van der Waals surface area contributed by atoms with Gasteiger partial charge in [0.25, 0.3) is 0 Å². The van der Waals surface area contributed by atoms with Crippen LogP contribution in [0.2, 0.25) is 0 Å². The Balaban J connectivity index is 1.84. The van der Waals surface area contributed by atoms with Crippen molar-refractivity contribution in [2.75, 3.05) is 0 Å². The van der Waals surface area contributed by atoms with E-state index < -0.39 is 0 Å². The number of allylic oxidation sites excluding steroid dienone is 4. The van der Waals surface area contributed by atoms with Gasteiger partial charge in [-0.05, 0) is 58.7 Å². The van der Waals surface area contributed by atoms with Crippen molar-refractivity contribution in [1.29, 1.82) is 0 Å². The Morgan fingerprint density at radius 2 is 2.04 bits per heavy atom. The highest BCUT2D eigenvalue weighted by Gasteiger charge is 2.63. The van der Waals surface area contributed by atoms with Crippen molar-refractivity contribution in [1.82, 2.24) is 0 Å². The van der Waals surface area contributed by atoms with Crippen molar-refractivity contribution in [2.45, 2.75) is 48.7 Å². The zero-order valence-corrected chi connectivity index (χ0v) is 19.9. The molecular weight excluding hydrogens is 571 g/mol. The van der Waals surface area contributed by atoms with Crippen molar-refractivity contribution in [3.8, 4) is 9.85 Å². The lowest BCUT2D eigenvalue weighted by atomic mass is 9.47. The van der Waals surface area contributed by atoms with Gasteiger partial charge >= 0.3 is 0 Å². The van der Waals surface area contributed by atoms with Gasteiger partial charge in [0.2, 0.25) is 0 Å². The zero-order chi connectivity index (χ0) is 18.7. The lowest BCUT2D eigenvalue weighted by Gasteiger charge is -2.59. The molecule has 0 radical (unpaired) electrons. The van der Waals surface area contributed by atoms with Crippen molar-refractivity contribution < 1.29 is 9.59 Å². The number of hydrogen-bond acceptors (Lipinski definition) is 2. The molecule has 3 saturated carbocycles. The Kier molecular flexibility index (Phi) is 5.10. The number of Topliss-reactive ketones (excluding diaryl/α,β-unsaturated/α-hetero) is 1. The van der Waals surface area contributed by atoms with Gasteiger partial charge in [0, 0.05) is 55.9 Å². The van der Waals surface area contributed by atoms with Crippen LogP contribution in [-0.2, 0) is 9.59 Å². The maximum atomic E-state index is 12.7. The lowest BCUT2D eigenvalue weighted by Crippen LogP contribution is -2.57. The normalized spacial score (nSPS) is 46.6. The van der Waals surface area contributed by atoms with E-state index in [2.05, 4.69) is 77.3 Å². The van der Waals surface area contributed by atoms with Crippen LogP contribution >= 0.6 is 54.5 Å². The molecule has 7 atom stereocenters. The second kappa shape index (κ2) is 6.84. The number of fused-ring (bicyclic) bond motifs is 5. The largest absolute Gasteiger partial charge is 0.299 e. The summed E-state index contributed by atoms with van der Waals surface area (Å²) in [7, 11) is 0. The molecule has 0 aromatic heterocycles. The molecule has 138 valence electrons. The average molecular weight is 592 g/mol. The molecule has 4 aliphatic rings. The maximum Gasteiger partial charge on any atom is 0.178 e. The molecule has 0 aliphatic heterocycles. The molecule has 0 saturated heterocycles. The van der Waals surface area contributed by atoms with Gasteiger partial charge in [-0.2, -0.15) is 0 Å². The number of ketones is 2. The molecule has 0 heterocycles. The van der Waals surface area contributed by atoms with E-state index in [9.17, 15) is 9.59 Å². The summed E-state index contributed by atoms with van der Waals surface area (Å²) in [5, 5.41) is 0. The quantitative estimate of drug-likeness (QED) is 0.233. The fourth-order valence-corrected chi connectivity index (χ4v) is 8.31. The van der Waals surface area contributed by atoms with Crippen molar-refractivity contribution in [3.63, 3.8) is 0 Å². The van der Waals surface area contributed by atoms with E-state index in [1.807, 2.05) is 6.08 Å². The van der Waals surface area contributed by atoms with Crippen molar-refractivity contribution in [3.05, 3.63) is 23.8 Å². The van der Waals surface area contributed by atoms with E-state index in [0.29, 0.717) is 30.0 Å². The van der Waals surface area contributed by atoms with Crippen LogP contribution in [0, 0.1) is 38.4 Å². The first-order chi connectivity index (χ1) is 12.3. The standard InChI is InChI=1S/C21H21Br2IO2/c1-20-8-6-14-17(13(20)3-4-16(20)26)19(23)18(22)15-11-12(25)5-9-21(14,15)7-2-10-24/h5,9,11,13-14,17-19H,3-4,6-8H2,1H3/t13-,14-,17-,18-,19-,20-,21+/m0/s1. The third-order valence-electron chi connectivity index (χ3n) is 7.48. The predicted octanol–water partition coefficient (Wildman–Crippen LogP) is 5.38. The Morgan fingerprint density at radius 1 is 1.27 bits per heavy atom. The van der Waals surface area contributed by atoms with Crippen LogP contribution in [0.25, 0.3) is 0 Å². The average Bonchev–Trinajstić information content (AvgIpc) is 2.93. The van der Waals surface area contributed by atoms with Crippen LogP contribution in [0.15, 0.2) is 23.8 Å². The number of halogens is 3. The molecule has 0 aromatic carbocycles. The summed E-state index contributed by atoms with van der Waals surface area (Å²) < 4.78 is 3.03. The second-order valence-electron chi connectivity index (χ2n) is 8.38. The first-order valence-corrected chi connectivity index (χ1v) is 12.1. The monoisotopic (exact) mass is 590 g/mol. The Labute approximate surface area is 185 Å². The Morgan fingerprint density at radius 3 is 2.77 bits per heavy atom. The van der Waals surface area contributed by atoms with Gasteiger partial charge < -0.3 is 0 Å². The van der Waals surface area contributed by atoms with Crippen molar-refractivity contribution >= 4 is 66.0 Å². The first kappa shape index (κ1) is 19.4.